The molecule has 0 saturated carbocycles. The van der Waals surface area contributed by atoms with Gasteiger partial charge in [0.05, 0.1) is 6.10 Å². The molecule has 0 spiro atoms. The van der Waals surface area contributed by atoms with Crippen LogP contribution in [0.4, 0.5) is 4.39 Å². The lowest BCUT2D eigenvalue weighted by Gasteiger charge is -2.12. The van der Waals surface area contributed by atoms with Crippen molar-refractivity contribution in [3.8, 4) is 0 Å². The Morgan fingerprint density at radius 1 is 1.47 bits per heavy atom. The Balaban J connectivity index is 2.01. The van der Waals surface area contributed by atoms with Crippen molar-refractivity contribution in [3.63, 3.8) is 0 Å². The van der Waals surface area contributed by atoms with E-state index in [9.17, 15) is 14.3 Å². The van der Waals surface area contributed by atoms with Crippen LogP contribution < -0.4 is 0 Å². The zero-order valence-electron chi connectivity index (χ0n) is 9.34. The monoisotopic (exact) mass is 235 g/mol. The SMILES string of the molecule is O=C(/C=C/c1ccccc1F)N1CCC(O)C1. The molecule has 90 valence electrons. The summed E-state index contributed by atoms with van der Waals surface area (Å²) < 4.78 is 13.3. The molecule has 17 heavy (non-hydrogen) atoms. The first-order valence-electron chi connectivity index (χ1n) is 5.56. The van der Waals surface area contributed by atoms with Gasteiger partial charge in [-0.25, -0.2) is 4.39 Å². The largest absolute Gasteiger partial charge is 0.391 e. The summed E-state index contributed by atoms with van der Waals surface area (Å²) >= 11 is 0. The standard InChI is InChI=1S/C13H14FNO2/c14-12-4-2-1-3-10(12)5-6-13(17)15-8-7-11(16)9-15/h1-6,11,16H,7-9H2/b6-5+. The molecule has 1 fully saturated rings. The molecule has 1 atom stereocenters. The fraction of sp³-hybridized carbons (Fsp3) is 0.308. The van der Waals surface area contributed by atoms with Crippen LogP contribution in [-0.4, -0.2) is 35.1 Å². The minimum Gasteiger partial charge on any atom is -0.391 e. The molecule has 4 heteroatoms. The molecule has 1 aliphatic rings. The number of carbonyl (C=O) groups is 1. The number of rotatable bonds is 2. The molecule has 1 N–H and O–H groups in total. The van der Waals surface area contributed by atoms with Crippen molar-refractivity contribution in [3.05, 3.63) is 41.7 Å². The molecule has 0 aromatic heterocycles. The van der Waals surface area contributed by atoms with Crippen molar-refractivity contribution in [1.29, 1.82) is 0 Å². The maximum Gasteiger partial charge on any atom is 0.246 e. The van der Waals surface area contributed by atoms with Crippen LogP contribution in [0.25, 0.3) is 6.08 Å². The summed E-state index contributed by atoms with van der Waals surface area (Å²) in [5, 5.41) is 9.30. The molecule has 1 unspecified atom stereocenters. The predicted octanol–water partition coefficient (Wildman–Crippen LogP) is 1.43. The van der Waals surface area contributed by atoms with Crippen molar-refractivity contribution in [2.75, 3.05) is 13.1 Å². The normalized spacial score (nSPS) is 20.1. The molecule has 1 amide bonds. The molecule has 1 heterocycles. The highest BCUT2D eigenvalue weighted by molar-refractivity contribution is 5.92. The minimum atomic E-state index is -0.430. The second-order valence-electron chi connectivity index (χ2n) is 4.08. The van der Waals surface area contributed by atoms with Crippen LogP contribution in [0, 0.1) is 5.82 Å². The van der Waals surface area contributed by atoms with Crippen LogP contribution in [0.15, 0.2) is 30.3 Å². The first-order valence-corrected chi connectivity index (χ1v) is 5.56. The number of halogens is 1. The third-order valence-electron chi connectivity index (χ3n) is 2.79. The smallest absolute Gasteiger partial charge is 0.246 e. The minimum absolute atomic E-state index is 0.190. The van der Waals surface area contributed by atoms with Crippen LogP contribution in [-0.2, 0) is 4.79 Å². The Hall–Kier alpha value is -1.68. The van der Waals surface area contributed by atoms with Crippen molar-refractivity contribution >= 4 is 12.0 Å². The van der Waals surface area contributed by atoms with E-state index >= 15 is 0 Å². The van der Waals surface area contributed by atoms with E-state index in [0.29, 0.717) is 25.1 Å². The van der Waals surface area contributed by atoms with E-state index < -0.39 is 6.10 Å². The van der Waals surface area contributed by atoms with Gasteiger partial charge < -0.3 is 10.0 Å². The number of hydrogen-bond donors (Lipinski definition) is 1. The zero-order chi connectivity index (χ0) is 12.3. The quantitative estimate of drug-likeness (QED) is 0.788. The topological polar surface area (TPSA) is 40.5 Å². The molecule has 1 aromatic carbocycles. The number of benzene rings is 1. The third-order valence-corrected chi connectivity index (χ3v) is 2.79. The predicted molar refractivity (Wildman–Crippen MR) is 62.6 cm³/mol. The van der Waals surface area contributed by atoms with E-state index in [2.05, 4.69) is 0 Å². The van der Waals surface area contributed by atoms with E-state index in [4.69, 9.17) is 0 Å². The number of aliphatic hydroxyl groups excluding tert-OH is 1. The highest BCUT2D eigenvalue weighted by Gasteiger charge is 2.22. The Bertz CT molecular complexity index is 445. The Kier molecular flexibility index (Phi) is 3.54. The van der Waals surface area contributed by atoms with Crippen molar-refractivity contribution < 1.29 is 14.3 Å². The Labute approximate surface area is 99.2 Å². The van der Waals surface area contributed by atoms with Gasteiger partial charge in [-0.15, -0.1) is 0 Å². The molecule has 1 aliphatic heterocycles. The van der Waals surface area contributed by atoms with Gasteiger partial charge >= 0.3 is 0 Å². The average molecular weight is 235 g/mol. The van der Waals surface area contributed by atoms with Gasteiger partial charge in [0.25, 0.3) is 0 Å². The number of likely N-dealkylation sites (tertiary alicyclic amines) is 1. The van der Waals surface area contributed by atoms with Crippen LogP contribution >= 0.6 is 0 Å². The van der Waals surface area contributed by atoms with Gasteiger partial charge in [-0.3, -0.25) is 4.79 Å². The maximum absolute atomic E-state index is 13.3. The summed E-state index contributed by atoms with van der Waals surface area (Å²) in [6, 6.07) is 6.28. The molecule has 3 nitrogen and oxygen atoms in total. The lowest BCUT2D eigenvalue weighted by Crippen LogP contribution is -2.27. The first kappa shape index (κ1) is 11.8. The van der Waals surface area contributed by atoms with Gasteiger partial charge in [0.2, 0.25) is 5.91 Å². The van der Waals surface area contributed by atoms with Crippen molar-refractivity contribution in [2.45, 2.75) is 12.5 Å². The van der Waals surface area contributed by atoms with Crippen molar-refractivity contribution in [2.24, 2.45) is 0 Å². The summed E-state index contributed by atoms with van der Waals surface area (Å²) in [7, 11) is 0. The van der Waals surface area contributed by atoms with Crippen LogP contribution in [0.1, 0.15) is 12.0 Å². The summed E-state index contributed by atoms with van der Waals surface area (Å²) in [6.45, 7) is 0.919. The molecular formula is C13H14FNO2. The Morgan fingerprint density at radius 3 is 2.88 bits per heavy atom. The summed E-state index contributed by atoms with van der Waals surface area (Å²) in [5.41, 5.74) is 0.389. The highest BCUT2D eigenvalue weighted by atomic mass is 19.1. The maximum atomic E-state index is 13.3. The van der Waals surface area contributed by atoms with Gasteiger partial charge in [0, 0.05) is 24.7 Å². The number of β-amino-alcohol motifs (C(OH)–C–C–N with tert-alkyl or cyclic N) is 1. The molecule has 1 saturated heterocycles. The average Bonchev–Trinajstić information content (AvgIpc) is 2.74. The fourth-order valence-corrected chi connectivity index (χ4v) is 1.82. The number of hydrogen-bond acceptors (Lipinski definition) is 2. The van der Waals surface area contributed by atoms with Gasteiger partial charge in [0.15, 0.2) is 0 Å². The van der Waals surface area contributed by atoms with E-state index in [-0.39, 0.29) is 11.7 Å². The summed E-state index contributed by atoms with van der Waals surface area (Å²) in [6.07, 6.45) is 2.98. The number of aliphatic hydroxyl groups is 1. The number of carbonyl (C=O) groups excluding carboxylic acids is 1. The van der Waals surface area contributed by atoms with E-state index in [1.807, 2.05) is 0 Å². The van der Waals surface area contributed by atoms with Gasteiger partial charge in [-0.2, -0.15) is 0 Å². The van der Waals surface area contributed by atoms with Gasteiger partial charge in [-0.05, 0) is 18.6 Å². The third kappa shape index (κ3) is 2.91. The van der Waals surface area contributed by atoms with E-state index in [0.717, 1.165) is 0 Å². The van der Waals surface area contributed by atoms with Gasteiger partial charge in [-0.1, -0.05) is 18.2 Å². The summed E-state index contributed by atoms with van der Waals surface area (Å²) in [5.74, 6) is -0.539. The van der Waals surface area contributed by atoms with Crippen LogP contribution in [0.3, 0.4) is 0 Å². The van der Waals surface area contributed by atoms with Crippen molar-refractivity contribution in [1.82, 2.24) is 4.90 Å². The van der Waals surface area contributed by atoms with E-state index in [1.54, 1.807) is 23.1 Å². The Morgan fingerprint density at radius 2 is 2.24 bits per heavy atom. The van der Waals surface area contributed by atoms with Crippen LogP contribution in [0.5, 0.6) is 0 Å². The molecule has 2 rings (SSSR count). The fourth-order valence-electron chi connectivity index (χ4n) is 1.82. The molecule has 0 bridgehead atoms. The second-order valence-corrected chi connectivity index (χ2v) is 4.08. The number of nitrogens with zero attached hydrogens (tertiary/aromatic N) is 1. The lowest BCUT2D eigenvalue weighted by atomic mass is 10.2. The summed E-state index contributed by atoms with van der Waals surface area (Å²) in [4.78, 5) is 13.2. The first-order chi connectivity index (χ1) is 8.16. The van der Waals surface area contributed by atoms with E-state index in [1.165, 1.54) is 18.2 Å². The molecule has 1 aromatic rings. The molecule has 0 aliphatic carbocycles. The zero-order valence-corrected chi connectivity index (χ0v) is 9.34. The van der Waals surface area contributed by atoms with Gasteiger partial charge in [0.1, 0.15) is 5.82 Å². The molecular weight excluding hydrogens is 221 g/mol. The second kappa shape index (κ2) is 5.10. The van der Waals surface area contributed by atoms with Crippen LogP contribution in [0.2, 0.25) is 0 Å². The lowest BCUT2D eigenvalue weighted by molar-refractivity contribution is -0.125. The molecule has 0 radical (unpaired) electrons. The highest BCUT2D eigenvalue weighted by Crippen LogP contribution is 2.11. The number of amides is 1.